The molecule has 6 unspecified atom stereocenters. The highest BCUT2D eigenvalue weighted by atomic mass is 31.2. The lowest BCUT2D eigenvalue weighted by Crippen LogP contribution is -2.67. The van der Waals surface area contributed by atoms with Crippen LogP contribution in [0.3, 0.4) is 0 Å². The minimum Gasteiger partial charge on any atom is -0.462 e. The molecule has 0 bridgehead atoms. The topological polar surface area (TPSA) is 333 Å². The third-order valence-electron chi connectivity index (χ3n) is 20.3. The number of carbonyl (C=O) groups is 5. The Kier molecular flexibility index (Phi) is 58.8. The predicted molar refractivity (Wildman–Crippen MR) is 404 cm³/mol. The molecule has 2 heterocycles. The van der Waals surface area contributed by atoms with Crippen LogP contribution in [0.1, 0.15) is 381 Å². The van der Waals surface area contributed by atoms with Crippen molar-refractivity contribution < 1.29 is 96.8 Å². The molecule has 2 fully saturated rings. The quantitative estimate of drug-likeness (QED) is 0.0118. The van der Waals surface area contributed by atoms with E-state index in [1.807, 2.05) is 0 Å². The molecule has 0 saturated carbocycles. The van der Waals surface area contributed by atoms with Gasteiger partial charge < -0.3 is 74.4 Å². The van der Waals surface area contributed by atoms with Crippen molar-refractivity contribution in [2.75, 3.05) is 19.8 Å². The van der Waals surface area contributed by atoms with E-state index in [2.05, 4.69) is 45.3 Å². The van der Waals surface area contributed by atoms with Gasteiger partial charge in [-0.25, -0.2) is 4.57 Å². The van der Waals surface area contributed by atoms with Crippen LogP contribution < -0.4 is 10.6 Å². The molecular weight excluding hydrogens is 1340 g/mol. The van der Waals surface area contributed by atoms with Gasteiger partial charge in [-0.2, -0.15) is 0 Å². The van der Waals surface area contributed by atoms with Crippen LogP contribution in [0.2, 0.25) is 0 Å². The molecule has 0 spiro atoms. The molecule has 2 rings (SSSR count). The Balaban J connectivity index is 2.54. The van der Waals surface area contributed by atoms with Gasteiger partial charge in [0, 0.05) is 6.42 Å². The summed E-state index contributed by atoms with van der Waals surface area (Å²) in [4.78, 5) is 90.7. The van der Waals surface area contributed by atoms with Crippen molar-refractivity contribution in [2.45, 2.75) is 461 Å². The first-order valence-electron chi connectivity index (χ1n) is 41.9. The second-order valence-electron chi connectivity index (χ2n) is 30.1. The lowest BCUT2D eigenvalue weighted by molar-refractivity contribution is -0.282. The van der Waals surface area contributed by atoms with Crippen LogP contribution in [0.25, 0.3) is 0 Å². The summed E-state index contributed by atoms with van der Waals surface area (Å²) in [5.74, 6) is -3.69. The number of phosphoric ester groups is 1. The van der Waals surface area contributed by atoms with Crippen molar-refractivity contribution in [2.24, 2.45) is 0 Å². The van der Waals surface area contributed by atoms with E-state index in [0.29, 0.717) is 44.9 Å². The number of hydrogen-bond donors (Lipinski definition) is 9. The smallest absolute Gasteiger partial charge is 0.462 e. The maximum absolute atomic E-state index is 14.8. The van der Waals surface area contributed by atoms with E-state index in [0.717, 1.165) is 161 Å². The molecule has 0 aliphatic carbocycles. The van der Waals surface area contributed by atoms with Crippen molar-refractivity contribution >= 4 is 37.5 Å². The first-order chi connectivity index (χ1) is 49.8. The van der Waals surface area contributed by atoms with Crippen molar-refractivity contribution in [3.63, 3.8) is 0 Å². The van der Waals surface area contributed by atoms with Crippen LogP contribution >= 0.6 is 7.82 Å². The van der Waals surface area contributed by atoms with E-state index in [1.54, 1.807) is 0 Å². The van der Waals surface area contributed by atoms with E-state index in [4.69, 9.17) is 32.9 Å². The van der Waals surface area contributed by atoms with Gasteiger partial charge in [-0.15, -0.1) is 0 Å². The van der Waals surface area contributed by atoms with Gasteiger partial charge in [-0.3, -0.25) is 28.5 Å². The molecule has 0 aromatic rings. The summed E-state index contributed by atoms with van der Waals surface area (Å²) in [6.07, 6.45) is 31.0. The number of ether oxygens (including phenoxy) is 6. The zero-order valence-corrected chi connectivity index (χ0v) is 66.1. The highest BCUT2D eigenvalue weighted by Crippen LogP contribution is 2.43. The van der Waals surface area contributed by atoms with Crippen molar-refractivity contribution in [3.8, 4) is 0 Å². The largest absolute Gasteiger partial charge is 0.470 e. The van der Waals surface area contributed by atoms with Crippen LogP contribution in [0.15, 0.2) is 0 Å². The zero-order chi connectivity index (χ0) is 75.6. The Bertz CT molecular complexity index is 2140. The lowest BCUT2D eigenvalue weighted by atomic mass is 9.95. The minimum absolute atomic E-state index is 0.150. The van der Waals surface area contributed by atoms with Gasteiger partial charge >= 0.3 is 25.7 Å². The molecule has 2 aliphatic rings. The molecule has 22 nitrogen and oxygen atoms in total. The van der Waals surface area contributed by atoms with Gasteiger partial charge in [0.1, 0.15) is 36.6 Å². The fourth-order valence-electron chi connectivity index (χ4n) is 14.1. The Morgan fingerprint density at radius 2 is 0.796 bits per heavy atom. The molecule has 0 aromatic carbocycles. The first kappa shape index (κ1) is 96.2. The molecule has 606 valence electrons. The van der Waals surface area contributed by atoms with Gasteiger partial charge in [-0.1, -0.05) is 311 Å². The van der Waals surface area contributed by atoms with E-state index in [1.165, 1.54) is 103 Å². The molecule has 23 heteroatoms. The molecule has 0 aromatic heterocycles. The molecule has 2 aliphatic heterocycles. The Labute approximate surface area is 622 Å². The van der Waals surface area contributed by atoms with Gasteiger partial charge in [0.2, 0.25) is 11.8 Å². The maximum Gasteiger partial charge on any atom is 0.470 e. The van der Waals surface area contributed by atoms with E-state index in [-0.39, 0.29) is 25.9 Å². The number of rotatable bonds is 69. The monoisotopic (exact) mass is 1490 g/mol. The molecule has 13 atom stereocenters. The summed E-state index contributed by atoms with van der Waals surface area (Å²) in [6, 6.07) is -2.87. The number of aliphatic hydroxyl groups is 5. The fraction of sp³-hybridized carbons (Fsp3) is 0.938. The second kappa shape index (κ2) is 63.0. The summed E-state index contributed by atoms with van der Waals surface area (Å²) in [5, 5.41) is 62.0. The number of aliphatic hydroxyl groups excluding tert-OH is 5. The van der Waals surface area contributed by atoms with Crippen LogP contribution in [0, 0.1) is 0 Å². The molecule has 103 heavy (non-hydrogen) atoms. The number of unbranched alkanes of at least 4 members (excludes halogenated alkanes) is 40. The number of hydrogen-bond acceptors (Lipinski definition) is 18. The molecule has 9 N–H and O–H groups in total. The van der Waals surface area contributed by atoms with Crippen molar-refractivity contribution in [1.82, 2.24) is 10.6 Å². The van der Waals surface area contributed by atoms with Crippen LogP contribution in [0.5, 0.6) is 0 Å². The maximum atomic E-state index is 14.8. The van der Waals surface area contributed by atoms with E-state index in [9.17, 15) is 63.9 Å². The third kappa shape index (κ3) is 49.7. The fourth-order valence-corrected chi connectivity index (χ4v) is 14.6. The van der Waals surface area contributed by atoms with E-state index >= 15 is 0 Å². The number of carbonyl (C=O) groups excluding carboxylic acids is 5. The molecule has 2 amide bonds. The summed E-state index contributed by atoms with van der Waals surface area (Å²) < 4.78 is 54.9. The Hall–Kier alpha value is -2.86. The SMILES string of the molecule is CCCCCCCCCCCC(=O)O[C@H](CCCCCCCCCCC)CC(=O)NC1C(OC(=O)C[C@H](O)CCCCCCCCCCC)[C@H](OP(=O)(O)O)C(CO)O[C@H]1OCC1OCC(NC(=O)C[C@H](O)CCCCCCCCCCC)C(OC(=O)C[C@H](O)CCCCCCCCCCC)[C@@H]1O. The van der Waals surface area contributed by atoms with Crippen molar-refractivity contribution in [3.05, 3.63) is 0 Å². The number of phosphoric acid groups is 1. The van der Waals surface area contributed by atoms with Crippen LogP contribution in [-0.2, 0) is 61.5 Å². The number of esters is 3. The summed E-state index contributed by atoms with van der Waals surface area (Å²) in [6.45, 7) is 8.93. The minimum atomic E-state index is -5.52. The average Bonchev–Trinajstić information content (AvgIpc) is 0.779. The van der Waals surface area contributed by atoms with Gasteiger partial charge in [0.05, 0.1) is 69.9 Å². The van der Waals surface area contributed by atoms with Crippen LogP contribution in [-0.4, -0.2) is 164 Å². The summed E-state index contributed by atoms with van der Waals surface area (Å²) in [7, 11) is -5.52. The average molecular weight is 1490 g/mol. The Morgan fingerprint density at radius 3 is 1.19 bits per heavy atom. The van der Waals surface area contributed by atoms with Crippen LogP contribution in [0.4, 0.5) is 0 Å². The summed E-state index contributed by atoms with van der Waals surface area (Å²) in [5.41, 5.74) is 0. The van der Waals surface area contributed by atoms with Gasteiger partial charge in [-0.05, 0) is 38.5 Å². The normalized spacial score (nSPS) is 21.2. The van der Waals surface area contributed by atoms with Gasteiger partial charge in [0.25, 0.3) is 0 Å². The highest BCUT2D eigenvalue weighted by Gasteiger charge is 2.53. The van der Waals surface area contributed by atoms with E-state index < -0.39 is 149 Å². The number of amides is 2. The lowest BCUT2D eigenvalue weighted by Gasteiger charge is -2.46. The molecule has 2 saturated heterocycles. The zero-order valence-electron chi connectivity index (χ0n) is 65.2. The predicted octanol–water partition coefficient (Wildman–Crippen LogP) is 15.9. The number of nitrogens with one attached hydrogen (secondary N) is 2. The molecule has 0 radical (unpaired) electrons. The summed E-state index contributed by atoms with van der Waals surface area (Å²) >= 11 is 0. The van der Waals surface area contributed by atoms with Crippen molar-refractivity contribution in [1.29, 1.82) is 0 Å². The second-order valence-corrected chi connectivity index (χ2v) is 31.3. The standard InChI is InChI=1S/C80H151N2O20P/c1-6-11-16-21-26-31-36-41-46-51-63(84)56-70(87)81-67-61-96-69(76(92)77(67)100-73(90)57-64(85)52-47-42-37-32-27-22-17-12-7-2)62-97-80-75(79(78(68(60-83)99-80)102-103(93,94)95)101-74(91)58-65(86)53-48-43-38-33-28-23-18-13-8-3)82-71(88)59-66(54-49-44-39-34-29-24-19-14-9-4)98-72(89)55-50-45-40-35-30-25-20-15-10-5/h63-69,75-80,83-86,92H,6-62H2,1-5H3,(H,81,87)(H,82,88)(H2,93,94,95)/t63-,64-,65-,66-,67?,68?,69?,75?,76-,77?,78-,79?,80-/m1/s1. The first-order valence-corrected chi connectivity index (χ1v) is 43.4. The highest BCUT2D eigenvalue weighted by molar-refractivity contribution is 7.46. The molecular formula is C80H151N2O20P. The Morgan fingerprint density at radius 1 is 0.437 bits per heavy atom. The van der Waals surface area contributed by atoms with Gasteiger partial charge in [0.15, 0.2) is 18.5 Å². The third-order valence-corrected chi connectivity index (χ3v) is 20.8.